The van der Waals surface area contributed by atoms with E-state index < -0.39 is 0 Å². The number of rotatable bonds is 3. The molecule has 0 amide bonds. The van der Waals surface area contributed by atoms with Crippen LogP contribution in [0, 0.1) is 0 Å². The van der Waals surface area contributed by atoms with Crippen LogP contribution in [0.25, 0.3) is 16.2 Å². The molecule has 0 aliphatic rings. The fraction of sp³-hybridized carbons (Fsp3) is 0.167. The van der Waals surface area contributed by atoms with Crippen molar-refractivity contribution in [1.82, 2.24) is 14.6 Å². The summed E-state index contributed by atoms with van der Waals surface area (Å²) < 4.78 is 3.21. The molecule has 3 aromatic rings. The summed E-state index contributed by atoms with van der Waals surface area (Å²) in [6.07, 6.45) is 1.61. The second-order valence-corrected chi connectivity index (χ2v) is 6.00. The van der Waals surface area contributed by atoms with Crippen LogP contribution in [0.15, 0.2) is 40.9 Å². The SMILES string of the molecule is CCSc1sc2ncnn2c1-c1ccccc1. The van der Waals surface area contributed by atoms with Gasteiger partial charge in [0.25, 0.3) is 0 Å². The Morgan fingerprint density at radius 2 is 2.12 bits per heavy atom. The van der Waals surface area contributed by atoms with Crippen molar-refractivity contribution >= 4 is 28.1 Å². The van der Waals surface area contributed by atoms with E-state index in [-0.39, 0.29) is 0 Å². The zero-order valence-electron chi connectivity index (χ0n) is 9.33. The van der Waals surface area contributed by atoms with E-state index in [0.29, 0.717) is 0 Å². The highest BCUT2D eigenvalue weighted by Crippen LogP contribution is 2.37. The molecule has 0 fully saturated rings. The topological polar surface area (TPSA) is 30.2 Å². The fourth-order valence-electron chi connectivity index (χ4n) is 1.74. The number of fused-ring (bicyclic) bond motifs is 1. The summed E-state index contributed by atoms with van der Waals surface area (Å²) in [5.41, 5.74) is 2.36. The highest BCUT2D eigenvalue weighted by Gasteiger charge is 2.15. The molecule has 1 aromatic carbocycles. The van der Waals surface area contributed by atoms with Gasteiger partial charge in [-0.2, -0.15) is 5.10 Å². The largest absolute Gasteiger partial charge is 0.213 e. The molecule has 0 saturated carbocycles. The van der Waals surface area contributed by atoms with E-state index in [1.54, 1.807) is 17.7 Å². The third kappa shape index (κ3) is 1.85. The molecule has 0 radical (unpaired) electrons. The second-order valence-electron chi connectivity index (χ2n) is 3.49. The normalized spacial score (nSPS) is 11.1. The van der Waals surface area contributed by atoms with Crippen molar-refractivity contribution in [2.75, 3.05) is 5.75 Å². The van der Waals surface area contributed by atoms with Gasteiger partial charge >= 0.3 is 0 Å². The number of aromatic nitrogens is 3. The van der Waals surface area contributed by atoms with Gasteiger partial charge in [0.1, 0.15) is 6.33 Å². The Labute approximate surface area is 108 Å². The minimum absolute atomic E-state index is 0.958. The molecule has 0 aliphatic carbocycles. The molecule has 0 saturated heterocycles. The summed E-state index contributed by atoms with van der Waals surface area (Å²) in [4.78, 5) is 5.22. The average molecular weight is 261 g/mol. The number of thiazole rings is 1. The van der Waals surface area contributed by atoms with Gasteiger partial charge in [0.15, 0.2) is 0 Å². The first kappa shape index (κ1) is 10.8. The Hall–Kier alpha value is -1.33. The Balaban J connectivity index is 2.24. The first-order chi connectivity index (χ1) is 8.40. The van der Waals surface area contributed by atoms with E-state index >= 15 is 0 Å². The van der Waals surface area contributed by atoms with Gasteiger partial charge in [0, 0.05) is 5.56 Å². The van der Waals surface area contributed by atoms with Crippen LogP contribution in [0.3, 0.4) is 0 Å². The highest BCUT2D eigenvalue weighted by molar-refractivity contribution is 8.01. The van der Waals surface area contributed by atoms with Gasteiger partial charge in [-0.15, -0.1) is 11.8 Å². The van der Waals surface area contributed by atoms with Crippen LogP contribution in [0.2, 0.25) is 0 Å². The predicted molar refractivity (Wildman–Crippen MR) is 72.7 cm³/mol. The summed E-state index contributed by atoms with van der Waals surface area (Å²) in [7, 11) is 0. The number of benzene rings is 1. The second kappa shape index (κ2) is 4.50. The lowest BCUT2D eigenvalue weighted by atomic mass is 10.2. The maximum Gasteiger partial charge on any atom is 0.213 e. The van der Waals surface area contributed by atoms with E-state index in [1.165, 1.54) is 9.77 Å². The van der Waals surface area contributed by atoms with E-state index in [0.717, 1.165) is 16.4 Å². The Bertz CT molecular complexity index is 628. The van der Waals surface area contributed by atoms with Crippen molar-refractivity contribution in [2.24, 2.45) is 0 Å². The van der Waals surface area contributed by atoms with Crippen molar-refractivity contribution < 1.29 is 0 Å². The molecule has 2 aromatic heterocycles. The molecule has 3 nitrogen and oxygen atoms in total. The van der Waals surface area contributed by atoms with Crippen molar-refractivity contribution in [2.45, 2.75) is 11.1 Å². The van der Waals surface area contributed by atoms with Gasteiger partial charge in [0.2, 0.25) is 4.96 Å². The predicted octanol–water partition coefficient (Wildman–Crippen LogP) is 3.57. The van der Waals surface area contributed by atoms with Crippen LogP contribution in [-0.4, -0.2) is 20.4 Å². The minimum Gasteiger partial charge on any atom is -0.206 e. The van der Waals surface area contributed by atoms with Crippen LogP contribution >= 0.6 is 23.1 Å². The molecule has 86 valence electrons. The summed E-state index contributed by atoms with van der Waals surface area (Å²) in [5.74, 6) is 1.06. The lowest BCUT2D eigenvalue weighted by molar-refractivity contribution is 0.974. The Morgan fingerprint density at radius 3 is 2.88 bits per heavy atom. The molecular weight excluding hydrogens is 250 g/mol. The zero-order valence-corrected chi connectivity index (χ0v) is 11.0. The van der Waals surface area contributed by atoms with Gasteiger partial charge in [-0.05, 0) is 5.75 Å². The van der Waals surface area contributed by atoms with E-state index in [4.69, 9.17) is 0 Å². The molecule has 0 atom stereocenters. The van der Waals surface area contributed by atoms with Crippen LogP contribution in [0.4, 0.5) is 0 Å². The molecule has 0 spiro atoms. The molecule has 17 heavy (non-hydrogen) atoms. The van der Waals surface area contributed by atoms with Gasteiger partial charge in [-0.1, -0.05) is 48.6 Å². The first-order valence-corrected chi connectivity index (χ1v) is 7.21. The third-order valence-corrected chi connectivity index (χ3v) is 4.62. The van der Waals surface area contributed by atoms with Gasteiger partial charge < -0.3 is 0 Å². The molecule has 5 heteroatoms. The molecule has 0 N–H and O–H groups in total. The van der Waals surface area contributed by atoms with Gasteiger partial charge in [0.05, 0.1) is 9.90 Å². The molecular formula is C12H11N3S2. The highest BCUT2D eigenvalue weighted by atomic mass is 32.2. The Kier molecular flexibility index (Phi) is 2.86. The maximum absolute atomic E-state index is 4.30. The number of thioether (sulfide) groups is 1. The summed E-state index contributed by atoms with van der Waals surface area (Å²) in [6.45, 7) is 2.16. The molecule has 2 heterocycles. The average Bonchev–Trinajstić information content (AvgIpc) is 2.90. The maximum atomic E-state index is 4.30. The van der Waals surface area contributed by atoms with E-state index in [2.05, 4.69) is 41.3 Å². The number of hydrogen-bond acceptors (Lipinski definition) is 4. The molecule has 0 aliphatic heterocycles. The third-order valence-electron chi connectivity index (χ3n) is 2.43. The minimum atomic E-state index is 0.958. The lowest BCUT2D eigenvalue weighted by Gasteiger charge is -2.02. The fourth-order valence-corrected chi connectivity index (χ4v) is 3.94. The lowest BCUT2D eigenvalue weighted by Crippen LogP contribution is -1.89. The first-order valence-electron chi connectivity index (χ1n) is 5.41. The monoisotopic (exact) mass is 261 g/mol. The summed E-state index contributed by atoms with van der Waals surface area (Å²) in [5, 5.41) is 4.30. The van der Waals surface area contributed by atoms with Gasteiger partial charge in [-0.25, -0.2) is 9.50 Å². The van der Waals surface area contributed by atoms with Crippen LogP contribution in [-0.2, 0) is 0 Å². The summed E-state index contributed by atoms with van der Waals surface area (Å²) in [6, 6.07) is 10.4. The molecule has 0 unspecified atom stereocenters. The molecule has 3 rings (SSSR count). The van der Waals surface area contributed by atoms with Crippen molar-refractivity contribution in [3.63, 3.8) is 0 Å². The van der Waals surface area contributed by atoms with Crippen molar-refractivity contribution in [3.05, 3.63) is 36.7 Å². The zero-order chi connectivity index (χ0) is 11.7. The number of hydrogen-bond donors (Lipinski definition) is 0. The summed E-state index contributed by atoms with van der Waals surface area (Å²) >= 11 is 3.55. The van der Waals surface area contributed by atoms with E-state index in [1.807, 2.05) is 22.3 Å². The molecule has 0 bridgehead atoms. The van der Waals surface area contributed by atoms with Crippen LogP contribution in [0.5, 0.6) is 0 Å². The van der Waals surface area contributed by atoms with Crippen molar-refractivity contribution in [3.8, 4) is 11.3 Å². The van der Waals surface area contributed by atoms with Crippen molar-refractivity contribution in [1.29, 1.82) is 0 Å². The van der Waals surface area contributed by atoms with Gasteiger partial charge in [-0.3, -0.25) is 0 Å². The number of nitrogens with zero attached hydrogens (tertiary/aromatic N) is 3. The standard InChI is InChI=1S/C12H11N3S2/c1-2-16-11-10(9-6-4-3-5-7-9)15-12(17-11)13-8-14-15/h3-8H,2H2,1H3. The van der Waals surface area contributed by atoms with E-state index in [9.17, 15) is 0 Å². The smallest absolute Gasteiger partial charge is 0.206 e. The quantitative estimate of drug-likeness (QED) is 0.675. The Morgan fingerprint density at radius 1 is 1.29 bits per heavy atom. The van der Waals surface area contributed by atoms with Crippen LogP contribution < -0.4 is 0 Å². The van der Waals surface area contributed by atoms with Crippen LogP contribution in [0.1, 0.15) is 6.92 Å².